The van der Waals surface area contributed by atoms with E-state index in [1.165, 1.54) is 0 Å². The van der Waals surface area contributed by atoms with Gasteiger partial charge < -0.3 is 14.4 Å². The Morgan fingerprint density at radius 2 is 1.81 bits per heavy atom. The first-order chi connectivity index (χ1) is 12.6. The number of amides is 1. The van der Waals surface area contributed by atoms with E-state index >= 15 is 0 Å². The van der Waals surface area contributed by atoms with Crippen molar-refractivity contribution in [3.63, 3.8) is 0 Å². The molecule has 0 unspecified atom stereocenters. The number of likely N-dealkylation sites (tertiary alicyclic amines) is 1. The molecule has 1 aliphatic rings. The van der Waals surface area contributed by atoms with Crippen LogP contribution in [0.3, 0.4) is 0 Å². The summed E-state index contributed by atoms with van der Waals surface area (Å²) in [5.74, 6) is 0.415. The van der Waals surface area contributed by atoms with Gasteiger partial charge in [0.05, 0.1) is 12.5 Å². The van der Waals surface area contributed by atoms with Crippen molar-refractivity contribution in [2.75, 3.05) is 19.7 Å². The highest BCUT2D eigenvalue weighted by Gasteiger charge is 2.30. The quantitative estimate of drug-likeness (QED) is 0.771. The van der Waals surface area contributed by atoms with Crippen molar-refractivity contribution in [1.82, 2.24) is 4.90 Å². The summed E-state index contributed by atoms with van der Waals surface area (Å²) < 4.78 is 11.0. The molecule has 3 rings (SSSR count). The van der Waals surface area contributed by atoms with Crippen LogP contribution in [0.1, 0.15) is 26.7 Å². The summed E-state index contributed by atoms with van der Waals surface area (Å²) in [6.07, 6.45) is 0.719. The summed E-state index contributed by atoms with van der Waals surface area (Å²) in [6.45, 7) is 5.11. The van der Waals surface area contributed by atoms with Crippen LogP contribution in [0.5, 0.6) is 5.75 Å². The largest absolute Gasteiger partial charge is 0.480 e. The number of esters is 1. The van der Waals surface area contributed by atoms with Gasteiger partial charge in [-0.2, -0.15) is 0 Å². The number of benzene rings is 2. The Morgan fingerprint density at radius 3 is 2.54 bits per heavy atom. The number of piperidine rings is 1. The second-order valence-electron chi connectivity index (χ2n) is 6.59. The topological polar surface area (TPSA) is 55.8 Å². The van der Waals surface area contributed by atoms with Gasteiger partial charge in [-0.15, -0.1) is 0 Å². The Balaban J connectivity index is 1.61. The molecule has 0 saturated carbocycles. The minimum Gasteiger partial charge on any atom is -0.480 e. The molecule has 2 aromatic carbocycles. The molecule has 5 heteroatoms. The van der Waals surface area contributed by atoms with Crippen molar-refractivity contribution in [3.05, 3.63) is 42.5 Å². The van der Waals surface area contributed by atoms with E-state index in [1.54, 1.807) is 11.8 Å². The molecule has 5 nitrogen and oxygen atoms in total. The maximum Gasteiger partial charge on any atom is 0.309 e. The first-order valence-corrected chi connectivity index (χ1v) is 9.20. The zero-order valence-electron chi connectivity index (χ0n) is 15.3. The first-order valence-electron chi connectivity index (χ1n) is 9.20. The standard InChI is InChI=1S/C21H25NO4/c1-3-25-21(24)17-11-13-22(14-12-17)20(23)15(2)26-19-10-6-8-16-7-4-5-9-18(16)19/h4-10,15,17H,3,11-14H2,1-2H3/t15-/m0/s1. The van der Waals surface area contributed by atoms with E-state index in [4.69, 9.17) is 9.47 Å². The number of hydrogen-bond acceptors (Lipinski definition) is 4. The third-order valence-corrected chi connectivity index (χ3v) is 4.83. The molecule has 0 spiro atoms. The summed E-state index contributed by atoms with van der Waals surface area (Å²) in [5, 5.41) is 2.08. The molecule has 1 atom stereocenters. The molecule has 0 radical (unpaired) electrons. The summed E-state index contributed by atoms with van der Waals surface area (Å²) >= 11 is 0. The Hall–Kier alpha value is -2.56. The van der Waals surface area contributed by atoms with Crippen molar-refractivity contribution < 1.29 is 19.1 Å². The maximum atomic E-state index is 12.7. The van der Waals surface area contributed by atoms with E-state index < -0.39 is 6.10 Å². The van der Waals surface area contributed by atoms with Crippen LogP contribution < -0.4 is 4.74 Å². The second kappa shape index (κ2) is 8.21. The minimum absolute atomic E-state index is 0.0414. The Labute approximate surface area is 153 Å². The van der Waals surface area contributed by atoms with Crippen LogP contribution >= 0.6 is 0 Å². The molecule has 2 aromatic rings. The lowest BCUT2D eigenvalue weighted by atomic mass is 9.96. The normalized spacial score (nSPS) is 16.3. The predicted molar refractivity (Wildman–Crippen MR) is 100.0 cm³/mol. The number of carbonyl (C=O) groups is 2. The SMILES string of the molecule is CCOC(=O)C1CCN(C(=O)[C@H](C)Oc2cccc3ccccc23)CC1. The van der Waals surface area contributed by atoms with E-state index in [0.717, 1.165) is 10.8 Å². The Kier molecular flexibility index (Phi) is 5.76. The predicted octanol–water partition coefficient (Wildman–Crippen LogP) is 3.41. The number of carbonyl (C=O) groups excluding carboxylic acids is 2. The fourth-order valence-electron chi connectivity index (χ4n) is 3.39. The van der Waals surface area contributed by atoms with Crippen molar-refractivity contribution in [2.45, 2.75) is 32.8 Å². The third-order valence-electron chi connectivity index (χ3n) is 4.83. The summed E-state index contributed by atoms with van der Waals surface area (Å²) in [5.41, 5.74) is 0. The van der Waals surface area contributed by atoms with Gasteiger partial charge in [-0.25, -0.2) is 0 Å². The van der Waals surface area contributed by atoms with Crippen LogP contribution in [-0.2, 0) is 14.3 Å². The van der Waals surface area contributed by atoms with Crippen LogP contribution in [0.25, 0.3) is 10.8 Å². The van der Waals surface area contributed by atoms with Crippen molar-refractivity contribution in [1.29, 1.82) is 0 Å². The van der Waals surface area contributed by atoms with E-state index in [1.807, 2.05) is 49.4 Å². The zero-order valence-corrected chi connectivity index (χ0v) is 15.3. The van der Waals surface area contributed by atoms with Gasteiger partial charge in [0, 0.05) is 18.5 Å². The molecule has 1 heterocycles. The van der Waals surface area contributed by atoms with Crippen LogP contribution in [0.2, 0.25) is 0 Å². The molecular formula is C21H25NO4. The molecule has 1 saturated heterocycles. The van der Waals surface area contributed by atoms with Crippen LogP contribution in [-0.4, -0.2) is 42.6 Å². The second-order valence-corrected chi connectivity index (χ2v) is 6.59. The van der Waals surface area contributed by atoms with Crippen LogP contribution in [0, 0.1) is 5.92 Å². The summed E-state index contributed by atoms with van der Waals surface area (Å²) in [6, 6.07) is 13.8. The number of ether oxygens (including phenoxy) is 2. The van der Waals surface area contributed by atoms with Gasteiger partial charge in [0.25, 0.3) is 5.91 Å². The summed E-state index contributed by atoms with van der Waals surface area (Å²) in [7, 11) is 0. The fraction of sp³-hybridized carbons (Fsp3) is 0.429. The van der Waals surface area contributed by atoms with Crippen molar-refractivity contribution >= 4 is 22.6 Å². The van der Waals surface area contributed by atoms with Gasteiger partial charge >= 0.3 is 5.97 Å². The van der Waals surface area contributed by atoms with Crippen LogP contribution in [0.4, 0.5) is 0 Å². The molecular weight excluding hydrogens is 330 g/mol. The van der Waals surface area contributed by atoms with Crippen molar-refractivity contribution in [2.24, 2.45) is 5.92 Å². The van der Waals surface area contributed by atoms with Gasteiger partial charge in [-0.3, -0.25) is 9.59 Å². The molecule has 0 bridgehead atoms. The van der Waals surface area contributed by atoms with Gasteiger partial charge in [0.2, 0.25) is 0 Å². The average molecular weight is 355 g/mol. The number of nitrogens with zero attached hydrogens (tertiary/aromatic N) is 1. The van der Waals surface area contributed by atoms with E-state index in [0.29, 0.717) is 38.3 Å². The molecule has 1 aliphatic heterocycles. The molecule has 138 valence electrons. The molecule has 0 N–H and O–H groups in total. The number of fused-ring (bicyclic) bond motifs is 1. The van der Waals surface area contributed by atoms with Gasteiger partial charge in [0.1, 0.15) is 5.75 Å². The average Bonchev–Trinajstić information content (AvgIpc) is 2.68. The monoisotopic (exact) mass is 355 g/mol. The molecule has 1 fully saturated rings. The molecule has 26 heavy (non-hydrogen) atoms. The third kappa shape index (κ3) is 3.98. The van der Waals surface area contributed by atoms with E-state index in [-0.39, 0.29) is 17.8 Å². The highest BCUT2D eigenvalue weighted by molar-refractivity contribution is 5.89. The lowest BCUT2D eigenvalue weighted by molar-refractivity contribution is -0.152. The molecule has 0 aliphatic carbocycles. The van der Waals surface area contributed by atoms with Gasteiger partial charge in [0.15, 0.2) is 6.10 Å². The van der Waals surface area contributed by atoms with E-state index in [2.05, 4.69) is 0 Å². The Bertz CT molecular complexity index is 775. The number of hydrogen-bond donors (Lipinski definition) is 0. The lowest BCUT2D eigenvalue weighted by Crippen LogP contribution is -2.46. The Morgan fingerprint density at radius 1 is 1.12 bits per heavy atom. The highest BCUT2D eigenvalue weighted by atomic mass is 16.5. The van der Waals surface area contributed by atoms with Crippen molar-refractivity contribution in [3.8, 4) is 5.75 Å². The van der Waals surface area contributed by atoms with Gasteiger partial charge in [-0.05, 0) is 38.1 Å². The molecule has 1 amide bonds. The maximum absolute atomic E-state index is 12.7. The molecule has 0 aromatic heterocycles. The highest BCUT2D eigenvalue weighted by Crippen LogP contribution is 2.27. The van der Waals surface area contributed by atoms with Gasteiger partial charge in [-0.1, -0.05) is 36.4 Å². The smallest absolute Gasteiger partial charge is 0.309 e. The van der Waals surface area contributed by atoms with E-state index in [9.17, 15) is 9.59 Å². The minimum atomic E-state index is -0.569. The number of rotatable bonds is 5. The fourth-order valence-corrected chi connectivity index (χ4v) is 3.39. The lowest BCUT2D eigenvalue weighted by Gasteiger charge is -2.32. The van der Waals surface area contributed by atoms with Crippen LogP contribution in [0.15, 0.2) is 42.5 Å². The summed E-state index contributed by atoms with van der Waals surface area (Å²) in [4.78, 5) is 26.3. The first kappa shape index (κ1) is 18.2. The zero-order chi connectivity index (χ0) is 18.5.